The number of nitrogens with zero attached hydrogens (tertiary/aromatic N) is 1. The first kappa shape index (κ1) is 16.3. The number of nitrogens with one attached hydrogen (secondary N) is 1. The van der Waals surface area contributed by atoms with E-state index >= 15 is 0 Å². The number of carbonyl (C=O) groups excluding carboxylic acids is 1. The molecule has 1 aromatic heterocycles. The molecule has 0 bridgehead atoms. The van der Waals surface area contributed by atoms with Gasteiger partial charge in [-0.3, -0.25) is 4.79 Å². The van der Waals surface area contributed by atoms with Crippen LogP contribution in [0.25, 0.3) is 11.3 Å². The minimum Gasteiger partial charge on any atom is -0.483 e. The molecule has 24 heavy (non-hydrogen) atoms. The molecular formula is C16H13F3N2O3. The smallest absolute Gasteiger partial charge is 0.422 e. The van der Waals surface area contributed by atoms with Crippen LogP contribution in [0.3, 0.4) is 0 Å². The van der Waals surface area contributed by atoms with Gasteiger partial charge < -0.3 is 15.2 Å². The van der Waals surface area contributed by atoms with Crippen molar-refractivity contribution in [3.8, 4) is 17.0 Å². The van der Waals surface area contributed by atoms with Gasteiger partial charge in [0.25, 0.3) is 5.91 Å². The molecular weight excluding hydrogens is 325 g/mol. The van der Waals surface area contributed by atoms with E-state index in [2.05, 4.69) is 10.3 Å². The average molecular weight is 338 g/mol. The Hall–Kier alpha value is -2.61. The molecule has 126 valence electrons. The van der Waals surface area contributed by atoms with Crippen molar-refractivity contribution in [1.82, 2.24) is 10.3 Å². The van der Waals surface area contributed by atoms with E-state index in [0.29, 0.717) is 22.4 Å². The van der Waals surface area contributed by atoms with Crippen LogP contribution in [0.2, 0.25) is 0 Å². The summed E-state index contributed by atoms with van der Waals surface area (Å²) in [5, 5.41) is 12.0. The monoisotopic (exact) mass is 338 g/mol. The van der Waals surface area contributed by atoms with E-state index in [4.69, 9.17) is 4.74 Å². The van der Waals surface area contributed by atoms with E-state index in [1.54, 1.807) is 18.2 Å². The Morgan fingerprint density at radius 2 is 2.00 bits per heavy atom. The van der Waals surface area contributed by atoms with Crippen molar-refractivity contribution < 1.29 is 27.8 Å². The largest absolute Gasteiger partial charge is 0.483 e. The van der Waals surface area contributed by atoms with Crippen molar-refractivity contribution in [3.63, 3.8) is 0 Å². The number of aromatic nitrogens is 1. The van der Waals surface area contributed by atoms with Crippen molar-refractivity contribution in [2.24, 2.45) is 0 Å². The second-order valence-corrected chi connectivity index (χ2v) is 5.23. The molecule has 1 amide bonds. The van der Waals surface area contributed by atoms with Gasteiger partial charge in [-0.1, -0.05) is 12.1 Å². The standard InChI is InChI=1S/C16H13F3N2O3/c17-16(18,19)8-24-13-4-2-1-3-10(13)14-12-6-20-15(23)11(12)5-9(7-22)21-14/h1-5,22H,6-8H2,(H,20,23). The van der Waals surface area contributed by atoms with Crippen molar-refractivity contribution in [3.05, 3.63) is 47.2 Å². The number of alkyl halides is 3. The van der Waals surface area contributed by atoms with Crippen molar-refractivity contribution in [2.45, 2.75) is 19.3 Å². The van der Waals surface area contributed by atoms with E-state index < -0.39 is 12.8 Å². The summed E-state index contributed by atoms with van der Waals surface area (Å²) in [6, 6.07) is 7.64. The maximum Gasteiger partial charge on any atom is 0.422 e. The van der Waals surface area contributed by atoms with E-state index in [9.17, 15) is 23.1 Å². The van der Waals surface area contributed by atoms with Crippen LogP contribution in [0.1, 0.15) is 21.6 Å². The highest BCUT2D eigenvalue weighted by molar-refractivity contribution is 6.00. The molecule has 1 aromatic carbocycles. The van der Waals surface area contributed by atoms with E-state index in [0.717, 1.165) is 0 Å². The molecule has 2 heterocycles. The quantitative estimate of drug-likeness (QED) is 0.898. The Kier molecular flexibility index (Phi) is 4.15. The number of fused-ring (bicyclic) bond motifs is 1. The van der Waals surface area contributed by atoms with Gasteiger partial charge in [0.15, 0.2) is 6.61 Å². The molecule has 0 spiro atoms. The molecule has 3 rings (SSSR count). The lowest BCUT2D eigenvalue weighted by Gasteiger charge is -2.15. The molecule has 5 nitrogen and oxygen atoms in total. The van der Waals surface area contributed by atoms with Gasteiger partial charge in [-0.05, 0) is 18.2 Å². The fourth-order valence-corrected chi connectivity index (χ4v) is 2.52. The molecule has 8 heteroatoms. The van der Waals surface area contributed by atoms with Gasteiger partial charge >= 0.3 is 6.18 Å². The molecule has 1 aliphatic rings. The summed E-state index contributed by atoms with van der Waals surface area (Å²) in [6.45, 7) is -1.60. The van der Waals surface area contributed by atoms with Crippen molar-refractivity contribution in [1.29, 1.82) is 0 Å². The van der Waals surface area contributed by atoms with E-state index in [1.807, 2.05) is 0 Å². The zero-order chi connectivity index (χ0) is 17.3. The Morgan fingerprint density at radius 1 is 1.25 bits per heavy atom. The summed E-state index contributed by atoms with van der Waals surface area (Å²) in [5.41, 5.74) is 1.85. The summed E-state index contributed by atoms with van der Waals surface area (Å²) < 4.78 is 42.2. The number of aliphatic hydroxyl groups is 1. The molecule has 2 aromatic rings. The number of rotatable bonds is 4. The summed E-state index contributed by atoms with van der Waals surface area (Å²) in [7, 11) is 0. The molecule has 2 N–H and O–H groups in total. The zero-order valence-electron chi connectivity index (χ0n) is 12.4. The minimum atomic E-state index is -4.47. The molecule has 0 atom stereocenters. The number of ether oxygens (including phenoxy) is 1. The second kappa shape index (κ2) is 6.12. The lowest BCUT2D eigenvalue weighted by Crippen LogP contribution is -2.19. The Morgan fingerprint density at radius 3 is 2.71 bits per heavy atom. The van der Waals surface area contributed by atoms with Gasteiger partial charge in [0, 0.05) is 23.2 Å². The summed E-state index contributed by atoms with van der Waals surface area (Å²) in [6.07, 6.45) is -4.47. The highest BCUT2D eigenvalue weighted by Gasteiger charge is 2.30. The van der Waals surface area contributed by atoms with Crippen LogP contribution in [0.4, 0.5) is 13.2 Å². The number of hydrogen-bond acceptors (Lipinski definition) is 4. The molecule has 0 saturated heterocycles. The first-order valence-electron chi connectivity index (χ1n) is 7.10. The van der Waals surface area contributed by atoms with Gasteiger partial charge in [0.2, 0.25) is 0 Å². The molecule has 0 unspecified atom stereocenters. The number of benzene rings is 1. The van der Waals surface area contributed by atoms with Gasteiger partial charge in [0.1, 0.15) is 5.75 Å². The van der Waals surface area contributed by atoms with E-state index in [-0.39, 0.29) is 30.5 Å². The number of amides is 1. The van der Waals surface area contributed by atoms with Crippen LogP contribution in [0.15, 0.2) is 30.3 Å². The second-order valence-electron chi connectivity index (χ2n) is 5.23. The molecule has 0 radical (unpaired) electrons. The Bertz CT molecular complexity index is 791. The van der Waals surface area contributed by atoms with Crippen molar-refractivity contribution >= 4 is 5.91 Å². The maximum atomic E-state index is 12.4. The highest BCUT2D eigenvalue weighted by Crippen LogP contribution is 2.35. The average Bonchev–Trinajstić information content (AvgIpc) is 2.93. The van der Waals surface area contributed by atoms with Gasteiger partial charge in [-0.15, -0.1) is 0 Å². The lowest BCUT2D eigenvalue weighted by atomic mass is 10.0. The maximum absolute atomic E-state index is 12.4. The van der Waals surface area contributed by atoms with E-state index in [1.165, 1.54) is 12.1 Å². The van der Waals surface area contributed by atoms with Crippen LogP contribution in [0.5, 0.6) is 5.75 Å². The SMILES string of the molecule is O=C1NCc2c1cc(CO)nc2-c1ccccc1OCC(F)(F)F. The Balaban J connectivity index is 2.08. The molecule has 1 aliphatic heterocycles. The third kappa shape index (κ3) is 3.18. The summed E-state index contributed by atoms with van der Waals surface area (Å²) >= 11 is 0. The van der Waals surface area contributed by atoms with Crippen LogP contribution in [0, 0.1) is 0 Å². The van der Waals surface area contributed by atoms with Gasteiger partial charge in [-0.25, -0.2) is 4.98 Å². The van der Waals surface area contributed by atoms with Gasteiger partial charge in [-0.2, -0.15) is 13.2 Å². The number of para-hydroxylation sites is 1. The Labute approximate surface area is 135 Å². The lowest BCUT2D eigenvalue weighted by molar-refractivity contribution is -0.153. The number of carbonyl (C=O) groups is 1. The zero-order valence-corrected chi connectivity index (χ0v) is 12.4. The van der Waals surface area contributed by atoms with Crippen LogP contribution in [-0.4, -0.2) is 28.8 Å². The first-order valence-corrected chi connectivity index (χ1v) is 7.10. The third-order valence-electron chi connectivity index (χ3n) is 3.54. The van der Waals surface area contributed by atoms with Crippen LogP contribution < -0.4 is 10.1 Å². The van der Waals surface area contributed by atoms with Crippen LogP contribution >= 0.6 is 0 Å². The first-order chi connectivity index (χ1) is 11.4. The van der Waals surface area contributed by atoms with Gasteiger partial charge in [0.05, 0.1) is 18.0 Å². The predicted octanol–water partition coefficient (Wildman–Crippen LogP) is 2.43. The van der Waals surface area contributed by atoms with Crippen molar-refractivity contribution in [2.75, 3.05) is 6.61 Å². The topological polar surface area (TPSA) is 71.5 Å². The third-order valence-corrected chi connectivity index (χ3v) is 3.54. The number of hydrogen-bond donors (Lipinski definition) is 2. The highest BCUT2D eigenvalue weighted by atomic mass is 19.4. The number of pyridine rings is 1. The minimum absolute atomic E-state index is 0.0129. The summed E-state index contributed by atoms with van der Waals surface area (Å²) in [5.74, 6) is -0.295. The normalized spacial score (nSPS) is 13.6. The predicted molar refractivity (Wildman–Crippen MR) is 78.3 cm³/mol. The number of aliphatic hydroxyl groups excluding tert-OH is 1. The molecule has 0 saturated carbocycles. The summed E-state index contributed by atoms with van der Waals surface area (Å²) in [4.78, 5) is 16.1. The molecule has 0 aliphatic carbocycles. The molecule has 0 fully saturated rings. The fraction of sp³-hybridized carbons (Fsp3) is 0.250. The fourth-order valence-electron chi connectivity index (χ4n) is 2.52. The van der Waals surface area contributed by atoms with Crippen LogP contribution in [-0.2, 0) is 13.2 Å². The number of halogens is 3.